The Morgan fingerprint density at radius 2 is 1.92 bits per heavy atom. The van der Waals surface area contributed by atoms with Crippen LogP contribution in [0.15, 0.2) is 66.1 Å². The molecule has 3 aromatic rings. The predicted octanol–water partition coefficient (Wildman–Crippen LogP) is 4.07. The number of amides is 1. The number of hydrogen-bond acceptors (Lipinski definition) is 5. The lowest BCUT2D eigenvalue weighted by atomic mass is 10.2. The zero-order valence-corrected chi connectivity index (χ0v) is 14.1. The van der Waals surface area contributed by atoms with E-state index in [2.05, 4.69) is 20.3 Å². The van der Waals surface area contributed by atoms with E-state index >= 15 is 0 Å². The molecule has 120 valence electrons. The van der Waals surface area contributed by atoms with Crippen LogP contribution in [0, 0.1) is 0 Å². The molecule has 0 radical (unpaired) electrons. The smallest absolute Gasteiger partial charge is 0.257 e. The molecule has 0 atom stereocenters. The summed E-state index contributed by atoms with van der Waals surface area (Å²) in [4.78, 5) is 24.8. The zero-order chi connectivity index (χ0) is 16.8. The molecular formula is C17H13ClN4OS. The molecule has 7 heteroatoms. The Bertz CT molecular complexity index is 828. The molecule has 0 aromatic carbocycles. The number of nitrogens with one attached hydrogen (secondary N) is 1. The lowest BCUT2D eigenvalue weighted by Gasteiger charge is -2.09. The molecule has 1 N–H and O–H groups in total. The molecule has 0 spiro atoms. The van der Waals surface area contributed by atoms with Crippen LogP contribution in [0.3, 0.4) is 0 Å². The minimum absolute atomic E-state index is 0.258. The van der Waals surface area contributed by atoms with Crippen LogP contribution in [0.1, 0.15) is 16.1 Å². The summed E-state index contributed by atoms with van der Waals surface area (Å²) in [6.07, 6.45) is 4.89. The third-order valence-electron chi connectivity index (χ3n) is 3.09. The lowest BCUT2D eigenvalue weighted by Crippen LogP contribution is -2.13. The SMILES string of the molecule is O=C(Nc1cccnc1SCc1ccccn1)c1ccc(Cl)nc1. The van der Waals surface area contributed by atoms with Crippen molar-refractivity contribution < 1.29 is 4.79 Å². The van der Waals surface area contributed by atoms with Crippen LogP contribution in [0.2, 0.25) is 5.15 Å². The van der Waals surface area contributed by atoms with Crippen molar-refractivity contribution in [3.8, 4) is 0 Å². The van der Waals surface area contributed by atoms with E-state index in [0.717, 1.165) is 10.7 Å². The Kier molecular flexibility index (Phi) is 5.40. The van der Waals surface area contributed by atoms with Crippen LogP contribution in [-0.4, -0.2) is 20.9 Å². The summed E-state index contributed by atoms with van der Waals surface area (Å²) in [5.41, 5.74) is 2.04. The minimum atomic E-state index is -0.258. The predicted molar refractivity (Wildman–Crippen MR) is 95.2 cm³/mol. The topological polar surface area (TPSA) is 67.8 Å². The molecule has 0 aliphatic rings. The van der Waals surface area contributed by atoms with Gasteiger partial charge in [-0.3, -0.25) is 9.78 Å². The Morgan fingerprint density at radius 1 is 1.04 bits per heavy atom. The van der Waals surface area contributed by atoms with Crippen molar-refractivity contribution >= 4 is 35.0 Å². The highest BCUT2D eigenvalue weighted by atomic mass is 35.5. The highest BCUT2D eigenvalue weighted by molar-refractivity contribution is 7.98. The van der Waals surface area contributed by atoms with Gasteiger partial charge in [-0.05, 0) is 36.4 Å². The van der Waals surface area contributed by atoms with Gasteiger partial charge in [0.15, 0.2) is 0 Å². The van der Waals surface area contributed by atoms with Gasteiger partial charge in [0.25, 0.3) is 5.91 Å². The first kappa shape index (κ1) is 16.4. The maximum absolute atomic E-state index is 12.3. The van der Waals surface area contributed by atoms with E-state index in [-0.39, 0.29) is 5.91 Å². The van der Waals surface area contributed by atoms with E-state index in [0.29, 0.717) is 22.2 Å². The second-order valence-electron chi connectivity index (χ2n) is 4.79. The quantitative estimate of drug-likeness (QED) is 0.551. The average Bonchev–Trinajstić information content (AvgIpc) is 2.62. The molecule has 0 aliphatic carbocycles. The normalized spacial score (nSPS) is 10.4. The molecule has 3 rings (SSSR count). The number of rotatable bonds is 5. The first-order valence-corrected chi connectivity index (χ1v) is 8.49. The zero-order valence-electron chi connectivity index (χ0n) is 12.5. The molecule has 3 heterocycles. The van der Waals surface area contributed by atoms with E-state index < -0.39 is 0 Å². The second-order valence-corrected chi connectivity index (χ2v) is 6.14. The third-order valence-corrected chi connectivity index (χ3v) is 4.35. The highest BCUT2D eigenvalue weighted by Crippen LogP contribution is 2.27. The Labute approximate surface area is 148 Å². The van der Waals surface area contributed by atoms with Gasteiger partial charge in [-0.1, -0.05) is 29.4 Å². The van der Waals surface area contributed by atoms with Crippen LogP contribution in [0.4, 0.5) is 5.69 Å². The molecule has 24 heavy (non-hydrogen) atoms. The number of halogens is 1. The molecule has 0 saturated carbocycles. The van der Waals surface area contributed by atoms with Gasteiger partial charge in [-0.25, -0.2) is 9.97 Å². The summed E-state index contributed by atoms with van der Waals surface area (Å²) in [6, 6.07) is 12.6. The van der Waals surface area contributed by atoms with E-state index in [9.17, 15) is 4.79 Å². The molecule has 1 amide bonds. The molecule has 0 unspecified atom stereocenters. The van der Waals surface area contributed by atoms with Crippen LogP contribution in [0.5, 0.6) is 0 Å². The van der Waals surface area contributed by atoms with Crippen molar-refractivity contribution in [1.82, 2.24) is 15.0 Å². The Hall–Kier alpha value is -2.44. The molecule has 0 saturated heterocycles. The Morgan fingerprint density at radius 3 is 2.67 bits per heavy atom. The van der Waals surface area contributed by atoms with Crippen molar-refractivity contribution in [2.75, 3.05) is 5.32 Å². The molecule has 5 nitrogen and oxygen atoms in total. The number of carbonyl (C=O) groups excluding carboxylic acids is 1. The van der Waals surface area contributed by atoms with E-state index in [4.69, 9.17) is 11.6 Å². The van der Waals surface area contributed by atoms with Gasteiger partial charge in [-0.2, -0.15) is 0 Å². The summed E-state index contributed by atoms with van der Waals surface area (Å²) >= 11 is 7.25. The first-order valence-electron chi connectivity index (χ1n) is 7.13. The Balaban J connectivity index is 1.71. The van der Waals surface area contributed by atoms with E-state index in [1.54, 1.807) is 30.6 Å². The second kappa shape index (κ2) is 7.90. The summed E-state index contributed by atoms with van der Waals surface area (Å²) in [7, 11) is 0. The van der Waals surface area contributed by atoms with Gasteiger partial charge in [0.1, 0.15) is 10.2 Å². The maximum Gasteiger partial charge on any atom is 0.257 e. The fourth-order valence-electron chi connectivity index (χ4n) is 1.93. The van der Waals surface area contributed by atoms with E-state index in [1.165, 1.54) is 18.0 Å². The van der Waals surface area contributed by atoms with Crippen molar-refractivity contribution in [3.05, 3.63) is 77.5 Å². The molecule has 0 fully saturated rings. The van der Waals surface area contributed by atoms with Crippen molar-refractivity contribution in [1.29, 1.82) is 0 Å². The van der Waals surface area contributed by atoms with Gasteiger partial charge in [0, 0.05) is 24.3 Å². The monoisotopic (exact) mass is 356 g/mol. The number of anilines is 1. The number of thioether (sulfide) groups is 1. The largest absolute Gasteiger partial charge is 0.320 e. The maximum atomic E-state index is 12.3. The van der Waals surface area contributed by atoms with Crippen LogP contribution >= 0.6 is 23.4 Å². The number of carbonyl (C=O) groups is 1. The van der Waals surface area contributed by atoms with Crippen molar-refractivity contribution in [2.45, 2.75) is 10.8 Å². The lowest BCUT2D eigenvalue weighted by molar-refractivity contribution is 0.102. The fraction of sp³-hybridized carbons (Fsp3) is 0.0588. The van der Waals surface area contributed by atoms with Gasteiger partial charge < -0.3 is 5.32 Å². The van der Waals surface area contributed by atoms with Gasteiger partial charge in [0.05, 0.1) is 16.9 Å². The van der Waals surface area contributed by atoms with Gasteiger partial charge in [-0.15, -0.1) is 0 Å². The number of nitrogens with zero attached hydrogens (tertiary/aromatic N) is 3. The number of aromatic nitrogens is 3. The van der Waals surface area contributed by atoms with E-state index in [1.807, 2.05) is 24.3 Å². The molecule has 0 bridgehead atoms. The fourth-order valence-corrected chi connectivity index (χ4v) is 2.91. The molecule has 3 aromatic heterocycles. The van der Waals surface area contributed by atoms with Crippen LogP contribution in [-0.2, 0) is 5.75 Å². The standard InChI is InChI=1S/C17H13ClN4OS/c18-15-7-6-12(10-21-15)16(23)22-14-5-3-9-20-17(14)24-11-13-4-1-2-8-19-13/h1-10H,11H2,(H,22,23). The summed E-state index contributed by atoms with van der Waals surface area (Å²) in [5, 5.41) is 3.94. The van der Waals surface area contributed by atoms with Crippen molar-refractivity contribution in [3.63, 3.8) is 0 Å². The average molecular weight is 357 g/mol. The van der Waals surface area contributed by atoms with Gasteiger partial charge >= 0.3 is 0 Å². The third kappa shape index (κ3) is 4.31. The number of hydrogen-bond donors (Lipinski definition) is 1. The summed E-state index contributed by atoms with van der Waals surface area (Å²) in [6.45, 7) is 0. The number of pyridine rings is 3. The minimum Gasteiger partial charge on any atom is -0.320 e. The first-order chi connectivity index (χ1) is 11.7. The van der Waals surface area contributed by atoms with Crippen molar-refractivity contribution in [2.24, 2.45) is 0 Å². The highest BCUT2D eigenvalue weighted by Gasteiger charge is 2.11. The van der Waals surface area contributed by atoms with Crippen LogP contribution < -0.4 is 5.32 Å². The van der Waals surface area contributed by atoms with Gasteiger partial charge in [0.2, 0.25) is 0 Å². The molecular weight excluding hydrogens is 344 g/mol. The van der Waals surface area contributed by atoms with Crippen LogP contribution in [0.25, 0.3) is 0 Å². The summed E-state index contributed by atoms with van der Waals surface area (Å²) in [5.74, 6) is 0.412. The summed E-state index contributed by atoms with van der Waals surface area (Å²) < 4.78 is 0. The molecule has 0 aliphatic heterocycles.